The Morgan fingerprint density at radius 1 is 1.20 bits per heavy atom. The average molecular weight is 356 g/mol. The van der Waals surface area contributed by atoms with Gasteiger partial charge in [-0.3, -0.25) is 4.79 Å². The second-order valence-electron chi connectivity index (χ2n) is 5.05. The summed E-state index contributed by atoms with van der Waals surface area (Å²) in [5.41, 5.74) is 1.33. The molecule has 1 saturated heterocycles. The summed E-state index contributed by atoms with van der Waals surface area (Å²) in [7, 11) is 1.31. The van der Waals surface area contributed by atoms with E-state index < -0.39 is 11.8 Å². The molecule has 1 fully saturated rings. The molecule has 1 aliphatic heterocycles. The number of esters is 1. The van der Waals surface area contributed by atoms with Crippen molar-refractivity contribution < 1.29 is 18.7 Å². The number of benzene rings is 2. The van der Waals surface area contributed by atoms with Crippen molar-refractivity contribution in [1.82, 2.24) is 5.32 Å². The second-order valence-corrected chi connectivity index (χ2v) is 6.08. The zero-order valence-corrected chi connectivity index (χ0v) is 14.0. The van der Waals surface area contributed by atoms with Gasteiger partial charge in [-0.1, -0.05) is 24.3 Å². The summed E-state index contributed by atoms with van der Waals surface area (Å²) >= 11 is 1.12. The Bertz CT molecular complexity index is 891. The summed E-state index contributed by atoms with van der Waals surface area (Å²) in [6.07, 6.45) is 1.67. The van der Waals surface area contributed by atoms with Crippen molar-refractivity contribution in [3.05, 3.63) is 70.4 Å². The van der Waals surface area contributed by atoms with Crippen molar-refractivity contribution in [2.75, 3.05) is 7.11 Å². The average Bonchev–Trinajstić information content (AvgIpc) is 2.96. The fourth-order valence-electron chi connectivity index (χ4n) is 2.12. The van der Waals surface area contributed by atoms with Crippen LogP contribution in [-0.2, 0) is 9.53 Å². The van der Waals surface area contributed by atoms with Crippen LogP contribution in [0.1, 0.15) is 15.9 Å². The van der Waals surface area contributed by atoms with Crippen LogP contribution in [0.5, 0.6) is 0 Å². The van der Waals surface area contributed by atoms with Gasteiger partial charge in [0.25, 0.3) is 5.91 Å². The molecule has 5 nitrogen and oxygen atoms in total. The van der Waals surface area contributed by atoms with E-state index in [0.717, 1.165) is 17.3 Å². The van der Waals surface area contributed by atoms with Gasteiger partial charge >= 0.3 is 5.97 Å². The van der Waals surface area contributed by atoms with Gasteiger partial charge in [-0.25, -0.2) is 14.2 Å². The summed E-state index contributed by atoms with van der Waals surface area (Å²) in [6, 6.07) is 12.7. The number of carbonyl (C=O) groups excluding carboxylic acids is 2. The van der Waals surface area contributed by atoms with Crippen LogP contribution in [-0.4, -0.2) is 24.2 Å². The highest BCUT2D eigenvalue weighted by molar-refractivity contribution is 8.18. The maximum absolute atomic E-state index is 13.6. The predicted octanol–water partition coefficient (Wildman–Crippen LogP) is 3.50. The molecule has 2 aromatic carbocycles. The highest BCUT2D eigenvalue weighted by Crippen LogP contribution is 2.28. The normalized spacial score (nSPS) is 17.0. The lowest BCUT2D eigenvalue weighted by Crippen LogP contribution is -2.19. The standard InChI is InChI=1S/C18H13FN2O3S/c1-24-17(23)12-8-6-11(7-9-12)10-15-16(22)21-18(25-15)20-14-5-3-2-4-13(14)19/h2-10H,1H3,(H,20,21,22)/b15-10+. The molecule has 1 amide bonds. The Hall–Kier alpha value is -2.93. The molecule has 0 aliphatic carbocycles. The Balaban J connectivity index is 1.80. The SMILES string of the molecule is COC(=O)c1ccc(/C=C2/SC(=Nc3ccccc3F)NC2=O)cc1. The number of ether oxygens (including phenoxy) is 1. The molecule has 1 N–H and O–H groups in total. The number of rotatable bonds is 3. The van der Waals surface area contributed by atoms with Crippen LogP contribution in [0.4, 0.5) is 10.1 Å². The summed E-state index contributed by atoms with van der Waals surface area (Å²) in [6.45, 7) is 0. The van der Waals surface area contributed by atoms with Gasteiger partial charge in [0.05, 0.1) is 17.6 Å². The van der Waals surface area contributed by atoms with Crippen LogP contribution in [0.25, 0.3) is 6.08 Å². The number of para-hydroxylation sites is 1. The first kappa shape index (κ1) is 16.9. The Morgan fingerprint density at radius 3 is 2.60 bits per heavy atom. The molecular formula is C18H13FN2O3S. The van der Waals surface area contributed by atoms with Gasteiger partial charge < -0.3 is 10.1 Å². The lowest BCUT2D eigenvalue weighted by Gasteiger charge is -2.00. The van der Waals surface area contributed by atoms with Gasteiger partial charge in [0.2, 0.25) is 0 Å². The van der Waals surface area contributed by atoms with Gasteiger partial charge in [-0.2, -0.15) is 0 Å². The highest BCUT2D eigenvalue weighted by Gasteiger charge is 2.24. The van der Waals surface area contributed by atoms with Crippen LogP contribution in [0.2, 0.25) is 0 Å². The molecular weight excluding hydrogens is 343 g/mol. The number of hydrogen-bond acceptors (Lipinski definition) is 5. The van der Waals surface area contributed by atoms with E-state index in [1.807, 2.05) is 0 Å². The largest absolute Gasteiger partial charge is 0.465 e. The van der Waals surface area contributed by atoms with E-state index in [9.17, 15) is 14.0 Å². The predicted molar refractivity (Wildman–Crippen MR) is 95.0 cm³/mol. The minimum absolute atomic E-state index is 0.161. The number of hydrogen-bond donors (Lipinski definition) is 1. The molecule has 126 valence electrons. The van der Waals surface area contributed by atoms with Crippen LogP contribution in [0.15, 0.2) is 58.4 Å². The fraction of sp³-hybridized carbons (Fsp3) is 0.0556. The minimum Gasteiger partial charge on any atom is -0.465 e. The molecule has 7 heteroatoms. The number of methoxy groups -OCH3 is 1. The van der Waals surface area contributed by atoms with E-state index in [1.54, 1.807) is 42.5 Å². The number of amidine groups is 1. The number of halogens is 1. The zero-order valence-electron chi connectivity index (χ0n) is 13.2. The molecule has 0 unspecified atom stereocenters. The number of amides is 1. The quantitative estimate of drug-likeness (QED) is 0.675. The molecule has 0 atom stereocenters. The number of nitrogens with one attached hydrogen (secondary N) is 1. The summed E-state index contributed by atoms with van der Waals surface area (Å²) in [5.74, 6) is -1.19. The van der Waals surface area contributed by atoms with E-state index in [4.69, 9.17) is 0 Å². The third-order valence-electron chi connectivity index (χ3n) is 3.35. The summed E-state index contributed by atoms with van der Waals surface area (Å²) in [5, 5.41) is 2.92. The Kier molecular flexibility index (Phi) is 4.95. The zero-order chi connectivity index (χ0) is 17.8. The number of thioether (sulfide) groups is 1. The fourth-order valence-corrected chi connectivity index (χ4v) is 2.95. The van der Waals surface area contributed by atoms with Gasteiger partial charge in [0.15, 0.2) is 5.17 Å². The van der Waals surface area contributed by atoms with E-state index in [1.165, 1.54) is 19.2 Å². The topological polar surface area (TPSA) is 67.8 Å². The monoisotopic (exact) mass is 356 g/mol. The third-order valence-corrected chi connectivity index (χ3v) is 4.26. The minimum atomic E-state index is -0.458. The maximum Gasteiger partial charge on any atom is 0.337 e. The van der Waals surface area contributed by atoms with Crippen molar-refractivity contribution in [2.24, 2.45) is 4.99 Å². The highest BCUT2D eigenvalue weighted by atomic mass is 32.2. The van der Waals surface area contributed by atoms with E-state index >= 15 is 0 Å². The van der Waals surface area contributed by atoms with E-state index in [0.29, 0.717) is 15.6 Å². The van der Waals surface area contributed by atoms with E-state index in [2.05, 4.69) is 15.0 Å². The molecule has 0 aromatic heterocycles. The van der Waals surface area contributed by atoms with Crippen LogP contribution in [0.3, 0.4) is 0 Å². The summed E-state index contributed by atoms with van der Waals surface area (Å²) < 4.78 is 18.3. The van der Waals surface area contributed by atoms with Gasteiger partial charge in [-0.05, 0) is 47.7 Å². The lowest BCUT2D eigenvalue weighted by molar-refractivity contribution is -0.115. The van der Waals surface area contributed by atoms with Crippen LogP contribution >= 0.6 is 11.8 Å². The van der Waals surface area contributed by atoms with Crippen molar-refractivity contribution in [3.63, 3.8) is 0 Å². The molecule has 3 rings (SSSR count). The van der Waals surface area contributed by atoms with Crippen LogP contribution < -0.4 is 5.32 Å². The van der Waals surface area contributed by atoms with Crippen molar-refractivity contribution in [3.8, 4) is 0 Å². The molecule has 0 radical (unpaired) electrons. The maximum atomic E-state index is 13.6. The third kappa shape index (κ3) is 3.95. The molecule has 0 saturated carbocycles. The van der Waals surface area contributed by atoms with Gasteiger partial charge in [-0.15, -0.1) is 0 Å². The Morgan fingerprint density at radius 2 is 1.92 bits per heavy atom. The number of nitrogens with zero attached hydrogens (tertiary/aromatic N) is 1. The molecule has 1 aliphatic rings. The molecule has 1 heterocycles. The van der Waals surface area contributed by atoms with Gasteiger partial charge in [0, 0.05) is 0 Å². The smallest absolute Gasteiger partial charge is 0.337 e. The molecule has 2 aromatic rings. The summed E-state index contributed by atoms with van der Waals surface area (Å²) in [4.78, 5) is 28.0. The number of carbonyl (C=O) groups is 2. The van der Waals surface area contributed by atoms with Crippen molar-refractivity contribution in [1.29, 1.82) is 0 Å². The van der Waals surface area contributed by atoms with Crippen molar-refractivity contribution in [2.45, 2.75) is 0 Å². The van der Waals surface area contributed by atoms with E-state index in [-0.39, 0.29) is 11.6 Å². The first-order chi connectivity index (χ1) is 12.1. The molecule has 0 spiro atoms. The molecule has 0 bridgehead atoms. The first-order valence-electron chi connectivity index (χ1n) is 7.29. The lowest BCUT2D eigenvalue weighted by atomic mass is 10.1. The Labute approximate surface area is 147 Å². The van der Waals surface area contributed by atoms with Crippen molar-refractivity contribution >= 4 is 40.6 Å². The second kappa shape index (κ2) is 7.31. The van der Waals surface area contributed by atoms with Crippen LogP contribution in [0, 0.1) is 5.82 Å². The van der Waals surface area contributed by atoms with Gasteiger partial charge in [0.1, 0.15) is 11.5 Å². The first-order valence-corrected chi connectivity index (χ1v) is 8.11. The molecule has 25 heavy (non-hydrogen) atoms. The number of aliphatic imine (C=N–C) groups is 1.